The van der Waals surface area contributed by atoms with Crippen LogP contribution in [0.3, 0.4) is 0 Å². The summed E-state index contributed by atoms with van der Waals surface area (Å²) in [5.41, 5.74) is 2.07. The van der Waals surface area contributed by atoms with Crippen LogP contribution in [0.1, 0.15) is 33.4 Å². The van der Waals surface area contributed by atoms with Crippen molar-refractivity contribution in [2.45, 2.75) is 20.1 Å². The molecule has 1 aromatic heterocycles. The number of benzene rings is 2. The summed E-state index contributed by atoms with van der Waals surface area (Å²) in [6, 6.07) is 16.1. The summed E-state index contributed by atoms with van der Waals surface area (Å²) < 4.78 is 34.1. The lowest BCUT2D eigenvalue weighted by Gasteiger charge is -2.06. The quantitative estimate of drug-likeness (QED) is 0.600. The van der Waals surface area contributed by atoms with E-state index in [4.69, 9.17) is 4.42 Å². The van der Waals surface area contributed by atoms with Crippen molar-refractivity contribution >= 4 is 11.7 Å². The highest BCUT2D eigenvalue weighted by atomic mass is 19.3. The minimum atomic E-state index is -2.88. The van der Waals surface area contributed by atoms with Gasteiger partial charge in [-0.05, 0) is 36.8 Å². The monoisotopic (exact) mass is 385 g/mol. The summed E-state index contributed by atoms with van der Waals surface area (Å²) in [6.07, 6.45) is 0. The molecule has 1 amide bonds. The lowest BCUT2D eigenvalue weighted by molar-refractivity contribution is -0.0498. The van der Waals surface area contributed by atoms with E-state index in [0.29, 0.717) is 11.3 Å². The molecule has 0 atom stereocenters. The average molecular weight is 385 g/mol. The molecule has 0 aliphatic carbocycles. The van der Waals surface area contributed by atoms with Crippen molar-refractivity contribution in [2.75, 3.05) is 0 Å². The van der Waals surface area contributed by atoms with Gasteiger partial charge in [0.05, 0.1) is 0 Å². The lowest BCUT2D eigenvalue weighted by Crippen LogP contribution is -2.22. The molecule has 0 unspecified atom stereocenters. The van der Waals surface area contributed by atoms with Crippen LogP contribution in [-0.2, 0) is 6.54 Å². The molecular formula is C21H17F2NO4. The maximum absolute atomic E-state index is 12.2. The van der Waals surface area contributed by atoms with Crippen LogP contribution in [0.2, 0.25) is 0 Å². The normalized spacial score (nSPS) is 10.7. The second-order valence-corrected chi connectivity index (χ2v) is 6.00. The second-order valence-electron chi connectivity index (χ2n) is 6.00. The van der Waals surface area contributed by atoms with Crippen LogP contribution in [0.15, 0.2) is 65.1 Å². The zero-order chi connectivity index (χ0) is 20.1. The Balaban J connectivity index is 1.60. The van der Waals surface area contributed by atoms with Gasteiger partial charge < -0.3 is 14.5 Å². The first-order valence-electron chi connectivity index (χ1n) is 8.45. The number of amides is 1. The molecule has 0 saturated heterocycles. The van der Waals surface area contributed by atoms with Crippen LogP contribution in [0.25, 0.3) is 11.3 Å². The van der Waals surface area contributed by atoms with Gasteiger partial charge in [-0.25, -0.2) is 0 Å². The average Bonchev–Trinajstić information content (AvgIpc) is 3.17. The van der Waals surface area contributed by atoms with Gasteiger partial charge >= 0.3 is 6.61 Å². The van der Waals surface area contributed by atoms with Gasteiger partial charge in [-0.1, -0.05) is 36.4 Å². The maximum Gasteiger partial charge on any atom is 0.387 e. The smallest absolute Gasteiger partial charge is 0.387 e. The molecule has 0 aliphatic heterocycles. The van der Waals surface area contributed by atoms with Gasteiger partial charge in [0.15, 0.2) is 11.5 Å². The Morgan fingerprint density at radius 2 is 1.68 bits per heavy atom. The number of alkyl halides is 2. The Bertz CT molecular complexity index is 963. The SMILES string of the molecule is CC(=O)c1ccc(-c2ccc(C(=O)NCc3ccc(OC(F)F)cc3)o2)cc1. The summed E-state index contributed by atoms with van der Waals surface area (Å²) in [4.78, 5) is 23.6. The third kappa shape index (κ3) is 4.82. The summed E-state index contributed by atoms with van der Waals surface area (Å²) in [6.45, 7) is -1.18. The Hall–Kier alpha value is -3.48. The summed E-state index contributed by atoms with van der Waals surface area (Å²) in [7, 11) is 0. The summed E-state index contributed by atoms with van der Waals surface area (Å²) in [5.74, 6) is 0.271. The Kier molecular flexibility index (Phi) is 5.84. The fourth-order valence-corrected chi connectivity index (χ4v) is 2.54. The highest BCUT2D eigenvalue weighted by molar-refractivity contribution is 5.94. The highest BCUT2D eigenvalue weighted by Gasteiger charge is 2.12. The van der Waals surface area contributed by atoms with E-state index in [1.807, 2.05) is 0 Å². The van der Waals surface area contributed by atoms with Crippen molar-refractivity contribution in [1.29, 1.82) is 0 Å². The zero-order valence-electron chi connectivity index (χ0n) is 14.9. The number of halogens is 2. The molecule has 3 aromatic rings. The van der Waals surface area contributed by atoms with Crippen molar-refractivity contribution < 1.29 is 27.5 Å². The van der Waals surface area contributed by atoms with Crippen LogP contribution in [0.4, 0.5) is 8.78 Å². The fourth-order valence-electron chi connectivity index (χ4n) is 2.54. The highest BCUT2D eigenvalue weighted by Crippen LogP contribution is 2.23. The predicted octanol–water partition coefficient (Wildman–Crippen LogP) is 4.68. The van der Waals surface area contributed by atoms with Crippen molar-refractivity contribution in [2.24, 2.45) is 0 Å². The first-order valence-corrected chi connectivity index (χ1v) is 8.45. The number of rotatable bonds is 7. The number of ketones is 1. The second kappa shape index (κ2) is 8.47. The Morgan fingerprint density at radius 3 is 2.29 bits per heavy atom. The minimum absolute atomic E-state index is 0.0279. The van der Waals surface area contributed by atoms with Crippen LogP contribution < -0.4 is 10.1 Å². The zero-order valence-corrected chi connectivity index (χ0v) is 14.9. The fraction of sp³-hybridized carbons (Fsp3) is 0.143. The first kappa shape index (κ1) is 19.3. The van der Waals surface area contributed by atoms with Crippen LogP contribution in [0.5, 0.6) is 5.75 Å². The largest absolute Gasteiger partial charge is 0.451 e. The van der Waals surface area contributed by atoms with Crippen LogP contribution >= 0.6 is 0 Å². The molecule has 2 aromatic carbocycles. The van der Waals surface area contributed by atoms with Gasteiger partial charge in [0.25, 0.3) is 5.91 Å². The molecular weight excluding hydrogens is 368 g/mol. The molecule has 0 saturated carbocycles. The third-order valence-electron chi connectivity index (χ3n) is 4.01. The lowest BCUT2D eigenvalue weighted by atomic mass is 10.1. The predicted molar refractivity (Wildman–Crippen MR) is 98.4 cm³/mol. The minimum Gasteiger partial charge on any atom is -0.451 e. The number of Topliss-reactive ketones (excluding diaryl/α,β-unsaturated/α-hetero) is 1. The van der Waals surface area contributed by atoms with Gasteiger partial charge in [-0.2, -0.15) is 8.78 Å². The molecule has 28 heavy (non-hydrogen) atoms. The van der Waals surface area contributed by atoms with E-state index >= 15 is 0 Å². The van der Waals surface area contributed by atoms with Crippen molar-refractivity contribution in [1.82, 2.24) is 5.32 Å². The van der Waals surface area contributed by atoms with Crippen molar-refractivity contribution in [3.63, 3.8) is 0 Å². The molecule has 0 bridgehead atoms. The number of hydrogen-bond donors (Lipinski definition) is 1. The van der Waals surface area contributed by atoms with E-state index in [0.717, 1.165) is 11.1 Å². The van der Waals surface area contributed by atoms with Gasteiger partial charge in [0, 0.05) is 17.7 Å². The third-order valence-corrected chi connectivity index (χ3v) is 4.01. The van der Waals surface area contributed by atoms with E-state index in [2.05, 4.69) is 10.1 Å². The van der Waals surface area contributed by atoms with Gasteiger partial charge in [0.2, 0.25) is 0 Å². The number of carbonyl (C=O) groups excluding carboxylic acids is 2. The van der Waals surface area contributed by atoms with Gasteiger partial charge in [0.1, 0.15) is 11.5 Å². The molecule has 0 spiro atoms. The number of hydrogen-bond acceptors (Lipinski definition) is 4. The van der Waals surface area contributed by atoms with Crippen LogP contribution in [0, 0.1) is 0 Å². The standard InChI is InChI=1S/C21H17F2NO4/c1-13(25)15-4-6-16(7-5-15)18-10-11-19(28-18)20(26)24-12-14-2-8-17(9-3-14)27-21(22)23/h2-11,21H,12H2,1H3,(H,24,26). The van der Waals surface area contributed by atoms with Crippen molar-refractivity contribution in [3.8, 4) is 17.1 Å². The molecule has 144 valence electrons. The number of nitrogens with one attached hydrogen (secondary N) is 1. The molecule has 0 fully saturated rings. The van der Waals surface area contributed by atoms with Gasteiger partial charge in [-0.3, -0.25) is 9.59 Å². The van der Waals surface area contributed by atoms with Crippen LogP contribution in [-0.4, -0.2) is 18.3 Å². The molecule has 0 aliphatic rings. The van der Waals surface area contributed by atoms with E-state index in [9.17, 15) is 18.4 Å². The topological polar surface area (TPSA) is 68.5 Å². The van der Waals surface area contributed by atoms with E-state index in [1.54, 1.807) is 48.5 Å². The summed E-state index contributed by atoms with van der Waals surface area (Å²) >= 11 is 0. The van der Waals surface area contributed by atoms with E-state index in [-0.39, 0.29) is 23.8 Å². The van der Waals surface area contributed by atoms with E-state index < -0.39 is 12.5 Å². The number of ether oxygens (including phenoxy) is 1. The molecule has 0 radical (unpaired) electrons. The van der Waals surface area contributed by atoms with Gasteiger partial charge in [-0.15, -0.1) is 0 Å². The van der Waals surface area contributed by atoms with Crippen molar-refractivity contribution in [3.05, 3.63) is 77.6 Å². The summed E-state index contributed by atoms with van der Waals surface area (Å²) in [5, 5.41) is 2.70. The molecule has 5 nitrogen and oxygen atoms in total. The number of furan rings is 1. The first-order chi connectivity index (χ1) is 13.4. The Labute approximate surface area is 159 Å². The Morgan fingerprint density at radius 1 is 1.00 bits per heavy atom. The van der Waals surface area contributed by atoms with E-state index in [1.165, 1.54) is 19.1 Å². The maximum atomic E-state index is 12.2. The molecule has 1 N–H and O–H groups in total. The molecule has 3 rings (SSSR count). The molecule has 7 heteroatoms. The molecule has 1 heterocycles. The number of carbonyl (C=O) groups is 2.